The van der Waals surface area contributed by atoms with Crippen molar-refractivity contribution in [2.45, 2.75) is 51.1 Å². The highest BCUT2D eigenvalue weighted by Crippen LogP contribution is 2.37. The lowest BCUT2D eigenvalue weighted by molar-refractivity contribution is -0.187. The van der Waals surface area contributed by atoms with Gasteiger partial charge in [-0.2, -0.15) is 0 Å². The van der Waals surface area contributed by atoms with Crippen molar-refractivity contribution in [2.24, 2.45) is 0 Å². The topological polar surface area (TPSA) is 39.7 Å². The molecule has 4 nitrogen and oxygen atoms in total. The Kier molecular flexibility index (Phi) is 2.11. The van der Waals surface area contributed by atoms with Crippen LogP contribution < -0.4 is 5.32 Å². The summed E-state index contributed by atoms with van der Waals surface area (Å²) in [7, 11) is 1.87. The van der Waals surface area contributed by atoms with Crippen molar-refractivity contribution in [3.63, 3.8) is 0 Å². The molecule has 2 saturated heterocycles. The Morgan fingerprint density at radius 3 is 2.38 bits per heavy atom. The van der Waals surface area contributed by atoms with Crippen LogP contribution in [-0.4, -0.2) is 37.4 Å². The number of likely N-dealkylation sites (N-methyl/N-ethyl adjacent to an activating group) is 1. The van der Waals surface area contributed by atoms with Gasteiger partial charge in [-0.05, 0) is 27.8 Å². The highest BCUT2D eigenvalue weighted by molar-refractivity contribution is 4.94. The molecular formula is C9H17NO3. The maximum Gasteiger partial charge on any atom is 0.164 e. The van der Waals surface area contributed by atoms with E-state index in [0.717, 1.165) is 0 Å². The predicted molar refractivity (Wildman–Crippen MR) is 47.2 cm³/mol. The summed E-state index contributed by atoms with van der Waals surface area (Å²) >= 11 is 0. The summed E-state index contributed by atoms with van der Waals surface area (Å²) in [5.74, 6) is -0.470. The zero-order valence-electron chi connectivity index (χ0n) is 8.53. The average Bonchev–Trinajstić information content (AvgIpc) is 2.47. The largest absolute Gasteiger partial charge is 0.355 e. The van der Waals surface area contributed by atoms with E-state index in [1.165, 1.54) is 0 Å². The van der Waals surface area contributed by atoms with Crippen molar-refractivity contribution in [3.05, 3.63) is 0 Å². The van der Waals surface area contributed by atoms with E-state index in [1.807, 2.05) is 27.8 Å². The highest BCUT2D eigenvalue weighted by Gasteiger charge is 2.53. The minimum atomic E-state index is -0.470. The van der Waals surface area contributed by atoms with Gasteiger partial charge in [-0.15, -0.1) is 0 Å². The molecule has 2 fully saturated rings. The Labute approximate surface area is 78.5 Å². The SMILES string of the molecule is CN[C@@H]1O[C@H](C)[C@@H]2OC(C)(C)OC12. The molecule has 0 aromatic rings. The lowest BCUT2D eigenvalue weighted by atomic mass is 10.1. The summed E-state index contributed by atoms with van der Waals surface area (Å²) in [5.41, 5.74) is 0. The first-order valence-corrected chi connectivity index (χ1v) is 4.72. The third-order valence-corrected chi connectivity index (χ3v) is 2.57. The molecule has 4 heteroatoms. The van der Waals surface area contributed by atoms with Crippen molar-refractivity contribution in [2.75, 3.05) is 7.05 Å². The van der Waals surface area contributed by atoms with Gasteiger partial charge in [-0.25, -0.2) is 0 Å². The molecule has 1 N–H and O–H groups in total. The van der Waals surface area contributed by atoms with Gasteiger partial charge in [0, 0.05) is 0 Å². The van der Waals surface area contributed by atoms with Gasteiger partial charge in [0.05, 0.1) is 6.10 Å². The van der Waals surface area contributed by atoms with Crippen LogP contribution in [0.1, 0.15) is 20.8 Å². The van der Waals surface area contributed by atoms with Gasteiger partial charge >= 0.3 is 0 Å². The summed E-state index contributed by atoms with van der Waals surface area (Å²) in [6.07, 6.45) is 0.147. The summed E-state index contributed by atoms with van der Waals surface area (Å²) in [6.45, 7) is 5.88. The highest BCUT2D eigenvalue weighted by atomic mass is 16.8. The number of hydrogen-bond donors (Lipinski definition) is 1. The monoisotopic (exact) mass is 187 g/mol. The summed E-state index contributed by atoms with van der Waals surface area (Å²) < 4.78 is 17.1. The van der Waals surface area contributed by atoms with Gasteiger partial charge in [0.15, 0.2) is 5.79 Å². The molecule has 0 aromatic carbocycles. The van der Waals surface area contributed by atoms with Crippen molar-refractivity contribution in [1.82, 2.24) is 5.32 Å². The van der Waals surface area contributed by atoms with Gasteiger partial charge in [-0.3, -0.25) is 5.32 Å². The molecule has 76 valence electrons. The molecule has 0 spiro atoms. The summed E-state index contributed by atoms with van der Waals surface area (Å²) in [4.78, 5) is 0. The van der Waals surface area contributed by atoms with Crippen molar-refractivity contribution in [3.8, 4) is 0 Å². The lowest BCUT2D eigenvalue weighted by Crippen LogP contribution is -2.38. The van der Waals surface area contributed by atoms with Gasteiger partial charge in [0.2, 0.25) is 0 Å². The fourth-order valence-electron chi connectivity index (χ4n) is 2.03. The molecule has 0 aromatic heterocycles. The van der Waals surface area contributed by atoms with E-state index in [1.54, 1.807) is 0 Å². The third kappa shape index (κ3) is 1.48. The van der Waals surface area contributed by atoms with Gasteiger partial charge in [-0.1, -0.05) is 0 Å². The minimum absolute atomic E-state index is 0.0231. The zero-order chi connectivity index (χ0) is 9.64. The maximum atomic E-state index is 5.74. The van der Waals surface area contributed by atoms with Gasteiger partial charge < -0.3 is 14.2 Å². The smallest absolute Gasteiger partial charge is 0.164 e. The van der Waals surface area contributed by atoms with E-state index in [4.69, 9.17) is 14.2 Å². The lowest BCUT2D eigenvalue weighted by Gasteiger charge is -2.22. The second-order valence-corrected chi connectivity index (χ2v) is 4.12. The Morgan fingerprint density at radius 2 is 1.77 bits per heavy atom. The Morgan fingerprint density at radius 1 is 1.15 bits per heavy atom. The molecule has 4 atom stereocenters. The number of hydrogen-bond acceptors (Lipinski definition) is 4. The van der Waals surface area contributed by atoms with Crippen molar-refractivity contribution >= 4 is 0 Å². The molecular weight excluding hydrogens is 170 g/mol. The van der Waals surface area contributed by atoms with E-state index >= 15 is 0 Å². The first kappa shape index (κ1) is 9.40. The zero-order valence-corrected chi connectivity index (χ0v) is 8.53. The molecule has 0 aliphatic carbocycles. The summed E-state index contributed by atoms with van der Waals surface area (Å²) in [6, 6.07) is 0. The number of nitrogens with one attached hydrogen (secondary N) is 1. The maximum absolute atomic E-state index is 5.74. The van der Waals surface area contributed by atoms with Crippen LogP contribution in [-0.2, 0) is 14.2 Å². The standard InChI is InChI=1S/C9H17NO3/c1-5-6-7(8(10-4)11-5)13-9(2,3)12-6/h5-8,10H,1-4H3/t5-,6+,7?,8-/m1/s1. The normalized spacial score (nSPS) is 48.0. The van der Waals surface area contributed by atoms with Crippen molar-refractivity contribution < 1.29 is 14.2 Å². The molecule has 2 rings (SSSR count). The van der Waals surface area contributed by atoms with Crippen LogP contribution in [0, 0.1) is 0 Å². The molecule has 0 saturated carbocycles. The number of fused-ring (bicyclic) bond motifs is 1. The van der Waals surface area contributed by atoms with Crippen LogP contribution in [0.25, 0.3) is 0 Å². The molecule has 0 radical (unpaired) electrons. The van der Waals surface area contributed by atoms with Crippen LogP contribution in [0.3, 0.4) is 0 Å². The average molecular weight is 187 g/mol. The number of rotatable bonds is 1. The Bertz CT molecular complexity index is 207. The minimum Gasteiger partial charge on any atom is -0.355 e. The van der Waals surface area contributed by atoms with Crippen LogP contribution in [0.15, 0.2) is 0 Å². The van der Waals surface area contributed by atoms with Crippen LogP contribution in [0.2, 0.25) is 0 Å². The van der Waals surface area contributed by atoms with E-state index in [-0.39, 0.29) is 24.5 Å². The summed E-state index contributed by atoms with van der Waals surface area (Å²) in [5, 5.41) is 3.08. The molecule has 13 heavy (non-hydrogen) atoms. The van der Waals surface area contributed by atoms with Crippen LogP contribution >= 0.6 is 0 Å². The molecule has 0 bridgehead atoms. The predicted octanol–water partition coefficient (Wildman–Crippen LogP) is 0.471. The number of ether oxygens (including phenoxy) is 3. The quantitative estimate of drug-likeness (QED) is 0.648. The van der Waals surface area contributed by atoms with Gasteiger partial charge in [0.25, 0.3) is 0 Å². The second-order valence-electron chi connectivity index (χ2n) is 4.12. The molecule has 1 unspecified atom stereocenters. The van der Waals surface area contributed by atoms with E-state index < -0.39 is 5.79 Å². The fraction of sp³-hybridized carbons (Fsp3) is 1.00. The molecule has 2 aliphatic rings. The third-order valence-electron chi connectivity index (χ3n) is 2.57. The molecule has 0 amide bonds. The van der Waals surface area contributed by atoms with Crippen LogP contribution in [0.5, 0.6) is 0 Å². The van der Waals surface area contributed by atoms with E-state index in [0.29, 0.717) is 0 Å². The first-order chi connectivity index (χ1) is 6.03. The van der Waals surface area contributed by atoms with Gasteiger partial charge in [0.1, 0.15) is 18.4 Å². The second kappa shape index (κ2) is 2.92. The van der Waals surface area contributed by atoms with Crippen molar-refractivity contribution in [1.29, 1.82) is 0 Å². The molecule has 2 aliphatic heterocycles. The van der Waals surface area contributed by atoms with Crippen LogP contribution in [0.4, 0.5) is 0 Å². The van der Waals surface area contributed by atoms with E-state index in [9.17, 15) is 0 Å². The fourth-order valence-corrected chi connectivity index (χ4v) is 2.03. The van der Waals surface area contributed by atoms with E-state index in [2.05, 4.69) is 5.32 Å². The Hall–Kier alpha value is -0.160. The molecule has 2 heterocycles. The first-order valence-electron chi connectivity index (χ1n) is 4.72. The Balaban J connectivity index is 2.12.